The van der Waals surface area contributed by atoms with Gasteiger partial charge in [-0.3, -0.25) is 4.79 Å². The summed E-state index contributed by atoms with van der Waals surface area (Å²) in [5, 5.41) is 4.00. The molecule has 1 unspecified atom stereocenters. The van der Waals surface area contributed by atoms with Gasteiger partial charge < -0.3 is 9.42 Å². The van der Waals surface area contributed by atoms with E-state index in [4.69, 9.17) is 4.52 Å². The highest BCUT2D eigenvalue weighted by Crippen LogP contribution is 2.33. The van der Waals surface area contributed by atoms with Crippen LogP contribution in [0.4, 0.5) is 0 Å². The van der Waals surface area contributed by atoms with Crippen LogP contribution in [0.2, 0.25) is 0 Å². The van der Waals surface area contributed by atoms with Gasteiger partial charge in [0.1, 0.15) is 0 Å². The molecular formula is C20H28N4O4S. The van der Waals surface area contributed by atoms with Gasteiger partial charge in [0.2, 0.25) is 21.8 Å². The van der Waals surface area contributed by atoms with Gasteiger partial charge >= 0.3 is 0 Å². The summed E-state index contributed by atoms with van der Waals surface area (Å²) in [6.07, 6.45) is 2.62. The molecule has 0 aliphatic carbocycles. The smallest absolute Gasteiger partial charge is 0.227 e. The predicted octanol–water partition coefficient (Wildman–Crippen LogP) is 2.54. The Morgan fingerprint density at radius 2 is 2.07 bits per heavy atom. The van der Waals surface area contributed by atoms with E-state index >= 15 is 0 Å². The molecule has 2 heterocycles. The summed E-state index contributed by atoms with van der Waals surface area (Å²) >= 11 is 0. The van der Waals surface area contributed by atoms with Crippen molar-refractivity contribution >= 4 is 15.9 Å². The van der Waals surface area contributed by atoms with Crippen molar-refractivity contribution in [1.29, 1.82) is 0 Å². The van der Waals surface area contributed by atoms with Crippen LogP contribution in [-0.2, 0) is 27.8 Å². The van der Waals surface area contributed by atoms with E-state index in [0.29, 0.717) is 44.1 Å². The van der Waals surface area contributed by atoms with Gasteiger partial charge in [-0.25, -0.2) is 8.42 Å². The number of aryl methyl sites for hydroxylation is 1. The predicted molar refractivity (Wildman–Crippen MR) is 108 cm³/mol. The van der Waals surface area contributed by atoms with Crippen molar-refractivity contribution in [3.63, 3.8) is 0 Å². The van der Waals surface area contributed by atoms with E-state index in [9.17, 15) is 13.2 Å². The first kappa shape index (κ1) is 21.4. The van der Waals surface area contributed by atoms with Gasteiger partial charge in [-0.15, -0.1) is 0 Å². The number of sulfonamides is 1. The molecule has 9 heteroatoms. The summed E-state index contributed by atoms with van der Waals surface area (Å²) < 4.78 is 31.7. The molecule has 1 aromatic heterocycles. The lowest BCUT2D eigenvalue weighted by Gasteiger charge is -2.21. The van der Waals surface area contributed by atoms with Crippen molar-refractivity contribution < 1.29 is 17.7 Å². The van der Waals surface area contributed by atoms with Crippen LogP contribution in [-0.4, -0.2) is 53.0 Å². The normalized spacial score (nSPS) is 17.5. The molecule has 1 aliphatic rings. The molecule has 2 aromatic rings. The second kappa shape index (κ2) is 9.49. The van der Waals surface area contributed by atoms with Crippen LogP contribution in [0.25, 0.3) is 0 Å². The maximum atomic E-state index is 12.5. The second-order valence-corrected chi connectivity index (χ2v) is 9.41. The Balaban J connectivity index is 1.57. The fourth-order valence-corrected chi connectivity index (χ4v) is 5.31. The molecule has 29 heavy (non-hydrogen) atoms. The largest absolute Gasteiger partial charge is 0.341 e. The molecule has 1 aromatic carbocycles. The minimum atomic E-state index is -3.31. The number of carbonyl (C=O) groups is 1. The lowest BCUT2D eigenvalue weighted by atomic mass is 10.2. The van der Waals surface area contributed by atoms with E-state index in [0.717, 1.165) is 12.0 Å². The molecule has 0 spiro atoms. The summed E-state index contributed by atoms with van der Waals surface area (Å²) in [6.45, 7) is 2.88. The van der Waals surface area contributed by atoms with Gasteiger partial charge in [0.25, 0.3) is 0 Å². The highest BCUT2D eigenvalue weighted by Gasteiger charge is 2.37. The third kappa shape index (κ3) is 5.42. The van der Waals surface area contributed by atoms with Crippen molar-refractivity contribution in [2.24, 2.45) is 0 Å². The first-order chi connectivity index (χ1) is 13.9. The summed E-state index contributed by atoms with van der Waals surface area (Å²) in [5.74, 6) is 0.862. The molecule has 0 bridgehead atoms. The molecule has 1 aliphatic heterocycles. The van der Waals surface area contributed by atoms with E-state index in [1.54, 1.807) is 11.9 Å². The van der Waals surface area contributed by atoms with E-state index in [1.807, 2.05) is 37.3 Å². The molecule has 8 nitrogen and oxygen atoms in total. The maximum absolute atomic E-state index is 12.5. The SMILES string of the molecule is CCCS(=O)(=O)N1CCCC1c1noc(CCC(=O)N(C)Cc2ccccc2)n1. The van der Waals surface area contributed by atoms with E-state index in [1.165, 1.54) is 4.31 Å². The maximum Gasteiger partial charge on any atom is 0.227 e. The molecule has 0 saturated carbocycles. The molecule has 1 amide bonds. The molecule has 3 rings (SSSR count). The van der Waals surface area contributed by atoms with E-state index < -0.39 is 10.0 Å². The van der Waals surface area contributed by atoms with Crippen LogP contribution in [0.15, 0.2) is 34.9 Å². The Kier molecular flexibility index (Phi) is 7.02. The van der Waals surface area contributed by atoms with Gasteiger partial charge in [0, 0.05) is 33.0 Å². The lowest BCUT2D eigenvalue weighted by Crippen LogP contribution is -2.33. The summed E-state index contributed by atoms with van der Waals surface area (Å²) in [7, 11) is -1.55. The number of hydrogen-bond donors (Lipinski definition) is 0. The van der Waals surface area contributed by atoms with Crippen molar-refractivity contribution in [3.8, 4) is 0 Å². The summed E-state index contributed by atoms with van der Waals surface area (Å²) in [4.78, 5) is 18.4. The van der Waals surface area contributed by atoms with E-state index in [2.05, 4.69) is 10.1 Å². The van der Waals surface area contributed by atoms with Crippen molar-refractivity contribution in [1.82, 2.24) is 19.3 Å². The first-order valence-electron chi connectivity index (χ1n) is 10.0. The third-order valence-electron chi connectivity index (χ3n) is 5.05. The van der Waals surface area contributed by atoms with Crippen LogP contribution < -0.4 is 0 Å². The molecule has 158 valence electrons. The first-order valence-corrected chi connectivity index (χ1v) is 11.6. The van der Waals surface area contributed by atoms with Crippen molar-refractivity contribution in [3.05, 3.63) is 47.6 Å². The standard InChI is InChI=1S/C20H28N4O4S/c1-3-14-29(26,27)24-13-7-10-17(24)20-21-18(28-22-20)11-12-19(25)23(2)15-16-8-5-4-6-9-16/h4-6,8-9,17H,3,7,10-15H2,1-2H3. The average molecular weight is 421 g/mol. The Labute approximate surface area is 171 Å². The van der Waals surface area contributed by atoms with Crippen LogP contribution in [0.3, 0.4) is 0 Å². The number of amides is 1. The van der Waals surface area contributed by atoms with Gasteiger partial charge in [0.15, 0.2) is 5.82 Å². The Hall–Kier alpha value is -2.26. The number of rotatable bonds is 9. The number of benzene rings is 1. The zero-order valence-electron chi connectivity index (χ0n) is 17.0. The lowest BCUT2D eigenvalue weighted by molar-refractivity contribution is -0.130. The minimum Gasteiger partial charge on any atom is -0.341 e. The number of hydrogen-bond acceptors (Lipinski definition) is 6. The van der Waals surface area contributed by atoms with Gasteiger partial charge in [-0.1, -0.05) is 42.4 Å². The number of nitrogens with zero attached hydrogens (tertiary/aromatic N) is 4. The van der Waals surface area contributed by atoms with Gasteiger partial charge in [-0.2, -0.15) is 9.29 Å². The highest BCUT2D eigenvalue weighted by atomic mass is 32.2. The van der Waals surface area contributed by atoms with Crippen LogP contribution >= 0.6 is 0 Å². The summed E-state index contributed by atoms with van der Waals surface area (Å²) in [6, 6.07) is 9.42. The Bertz CT molecular complexity index is 914. The van der Waals surface area contributed by atoms with Crippen molar-refractivity contribution in [2.75, 3.05) is 19.3 Å². The minimum absolute atomic E-state index is 0.0124. The fraction of sp³-hybridized carbons (Fsp3) is 0.550. The fourth-order valence-electron chi connectivity index (χ4n) is 3.56. The monoisotopic (exact) mass is 420 g/mol. The molecule has 0 N–H and O–H groups in total. The molecule has 1 saturated heterocycles. The second-order valence-electron chi connectivity index (χ2n) is 7.37. The van der Waals surface area contributed by atoms with Gasteiger partial charge in [-0.05, 0) is 24.8 Å². The number of aromatic nitrogens is 2. The zero-order chi connectivity index (χ0) is 20.9. The third-order valence-corrected chi connectivity index (χ3v) is 7.12. The van der Waals surface area contributed by atoms with E-state index in [-0.39, 0.29) is 24.1 Å². The van der Waals surface area contributed by atoms with Crippen LogP contribution in [0.1, 0.15) is 55.9 Å². The quantitative estimate of drug-likeness (QED) is 0.618. The summed E-state index contributed by atoms with van der Waals surface area (Å²) in [5.41, 5.74) is 1.07. The van der Waals surface area contributed by atoms with Crippen molar-refractivity contribution in [2.45, 2.75) is 51.6 Å². The molecule has 1 atom stereocenters. The molecular weight excluding hydrogens is 392 g/mol. The van der Waals surface area contributed by atoms with Gasteiger partial charge in [0.05, 0.1) is 11.8 Å². The zero-order valence-corrected chi connectivity index (χ0v) is 17.8. The Morgan fingerprint density at radius 1 is 1.31 bits per heavy atom. The molecule has 1 fully saturated rings. The molecule has 0 radical (unpaired) electrons. The van der Waals surface area contributed by atoms with Crippen LogP contribution in [0.5, 0.6) is 0 Å². The highest BCUT2D eigenvalue weighted by molar-refractivity contribution is 7.89. The number of carbonyl (C=O) groups excluding carboxylic acids is 1. The van der Waals surface area contributed by atoms with Crippen LogP contribution in [0, 0.1) is 0 Å². The Morgan fingerprint density at radius 3 is 2.79 bits per heavy atom. The average Bonchev–Trinajstić information content (AvgIpc) is 3.36. The topological polar surface area (TPSA) is 96.6 Å².